The third-order valence-electron chi connectivity index (χ3n) is 3.92. The van der Waals surface area contributed by atoms with Gasteiger partial charge in [0.15, 0.2) is 6.61 Å². The van der Waals surface area contributed by atoms with E-state index in [1.165, 1.54) is 24.3 Å². The van der Waals surface area contributed by atoms with Gasteiger partial charge >= 0.3 is 5.97 Å². The minimum atomic E-state index is -0.699. The third kappa shape index (κ3) is 7.06. The van der Waals surface area contributed by atoms with Gasteiger partial charge in [-0.2, -0.15) is 0 Å². The molecule has 2 aromatic carbocycles. The highest BCUT2D eigenvalue weighted by Crippen LogP contribution is 2.17. The average molecular weight is 399 g/mol. The maximum atomic E-state index is 11.9. The van der Waals surface area contributed by atoms with E-state index in [0.717, 1.165) is 11.1 Å². The first kappa shape index (κ1) is 21.5. The van der Waals surface area contributed by atoms with E-state index in [1.807, 2.05) is 26.0 Å². The highest BCUT2D eigenvalue weighted by atomic mass is 16.6. The molecule has 0 fully saturated rings. The second kappa shape index (κ2) is 9.98. The minimum absolute atomic E-state index is 0.156. The van der Waals surface area contributed by atoms with Crippen LogP contribution in [0.3, 0.4) is 0 Å². The van der Waals surface area contributed by atoms with Crippen LogP contribution in [0.2, 0.25) is 0 Å². The molecule has 9 heteroatoms. The molecule has 152 valence electrons. The number of non-ortho nitro benzene ring substituents is 1. The summed E-state index contributed by atoms with van der Waals surface area (Å²) in [6.45, 7) is 3.34. The minimum Gasteiger partial charge on any atom is -0.456 e. The van der Waals surface area contributed by atoms with Gasteiger partial charge in [-0.3, -0.25) is 24.5 Å². The Balaban J connectivity index is 1.73. The number of carbonyl (C=O) groups is 3. The van der Waals surface area contributed by atoms with Gasteiger partial charge in [-0.1, -0.05) is 23.8 Å². The highest BCUT2D eigenvalue weighted by molar-refractivity contribution is 5.95. The molecule has 0 aromatic heterocycles. The van der Waals surface area contributed by atoms with Crippen LogP contribution >= 0.6 is 0 Å². The van der Waals surface area contributed by atoms with Gasteiger partial charge in [-0.25, -0.2) is 0 Å². The number of hydrogen-bond acceptors (Lipinski definition) is 6. The summed E-state index contributed by atoms with van der Waals surface area (Å²) in [4.78, 5) is 45.7. The van der Waals surface area contributed by atoms with Crippen LogP contribution < -0.4 is 10.6 Å². The smallest absolute Gasteiger partial charge is 0.306 e. The summed E-state index contributed by atoms with van der Waals surface area (Å²) < 4.78 is 4.87. The second-order valence-electron chi connectivity index (χ2n) is 6.38. The van der Waals surface area contributed by atoms with Crippen molar-refractivity contribution in [2.75, 3.05) is 17.2 Å². The summed E-state index contributed by atoms with van der Waals surface area (Å²) in [5, 5.41) is 15.9. The fourth-order valence-corrected chi connectivity index (χ4v) is 2.49. The third-order valence-corrected chi connectivity index (χ3v) is 3.92. The lowest BCUT2D eigenvalue weighted by molar-refractivity contribution is -0.384. The Kier molecular flexibility index (Phi) is 7.41. The van der Waals surface area contributed by atoms with Crippen LogP contribution in [-0.4, -0.2) is 29.3 Å². The molecular formula is C20H21N3O6. The zero-order valence-electron chi connectivity index (χ0n) is 16.1. The summed E-state index contributed by atoms with van der Waals surface area (Å²) in [7, 11) is 0. The van der Waals surface area contributed by atoms with Gasteiger partial charge in [-0.05, 0) is 31.5 Å². The molecule has 0 aliphatic carbocycles. The number of anilines is 2. The lowest BCUT2D eigenvalue weighted by Crippen LogP contribution is -2.22. The first-order valence-corrected chi connectivity index (χ1v) is 8.81. The van der Waals surface area contributed by atoms with Gasteiger partial charge in [0.05, 0.1) is 11.3 Å². The molecule has 2 rings (SSSR count). The van der Waals surface area contributed by atoms with Crippen molar-refractivity contribution < 1.29 is 24.0 Å². The summed E-state index contributed by atoms with van der Waals surface area (Å²) in [6, 6.07) is 11.0. The Hall–Kier alpha value is -3.75. The van der Waals surface area contributed by atoms with E-state index < -0.39 is 29.3 Å². The number of ether oxygens (including phenoxy) is 1. The predicted octanol–water partition coefficient (Wildman–Crippen LogP) is 3.11. The zero-order chi connectivity index (χ0) is 21.4. The van der Waals surface area contributed by atoms with Crippen LogP contribution in [0.4, 0.5) is 17.1 Å². The average Bonchev–Trinajstić information content (AvgIpc) is 2.67. The molecule has 0 saturated carbocycles. The Morgan fingerprint density at radius 3 is 2.45 bits per heavy atom. The summed E-state index contributed by atoms with van der Waals surface area (Å²) in [6.07, 6.45) is -0.405. The fourth-order valence-electron chi connectivity index (χ4n) is 2.49. The number of nitrogens with one attached hydrogen (secondary N) is 2. The molecule has 2 N–H and O–H groups in total. The maximum Gasteiger partial charge on any atom is 0.306 e. The van der Waals surface area contributed by atoms with Gasteiger partial charge < -0.3 is 15.4 Å². The summed E-state index contributed by atoms with van der Waals surface area (Å²) in [5.74, 6) is -1.68. The van der Waals surface area contributed by atoms with Crippen molar-refractivity contribution in [1.29, 1.82) is 0 Å². The standard InChI is InChI=1S/C20H21N3O6/c1-13-6-7-17(14(2)10-13)22-19(25)12-29-20(26)9-8-18(24)21-15-4-3-5-16(11-15)23(27)28/h3-7,10-11H,8-9,12H2,1-2H3,(H,21,24)(H,22,25). The molecule has 0 aliphatic heterocycles. The van der Waals surface area contributed by atoms with E-state index in [0.29, 0.717) is 5.69 Å². The number of nitrogens with zero attached hydrogens (tertiary/aromatic N) is 1. The number of rotatable bonds is 8. The highest BCUT2D eigenvalue weighted by Gasteiger charge is 2.13. The van der Waals surface area contributed by atoms with Crippen molar-refractivity contribution in [2.24, 2.45) is 0 Å². The molecule has 0 bridgehead atoms. The molecule has 0 heterocycles. The monoisotopic (exact) mass is 399 g/mol. The Morgan fingerprint density at radius 2 is 1.76 bits per heavy atom. The summed E-state index contributed by atoms with van der Waals surface area (Å²) in [5.41, 5.74) is 2.69. The Labute approximate surface area is 167 Å². The molecule has 2 aromatic rings. The molecule has 0 radical (unpaired) electrons. The lowest BCUT2D eigenvalue weighted by Gasteiger charge is -2.09. The number of aryl methyl sites for hydroxylation is 2. The number of amides is 2. The molecule has 0 unspecified atom stereocenters. The SMILES string of the molecule is Cc1ccc(NC(=O)COC(=O)CCC(=O)Nc2cccc([N+](=O)[O-])c2)c(C)c1. The second-order valence-corrected chi connectivity index (χ2v) is 6.38. The van der Waals surface area contributed by atoms with E-state index in [9.17, 15) is 24.5 Å². The van der Waals surface area contributed by atoms with Gasteiger partial charge in [0.1, 0.15) is 0 Å². The Bertz CT molecular complexity index is 942. The number of hydrogen-bond donors (Lipinski definition) is 2. The van der Waals surface area contributed by atoms with Gasteiger partial charge in [0.25, 0.3) is 11.6 Å². The fraction of sp³-hybridized carbons (Fsp3) is 0.250. The topological polar surface area (TPSA) is 128 Å². The van der Waals surface area contributed by atoms with Crippen molar-refractivity contribution >= 4 is 34.8 Å². The molecular weight excluding hydrogens is 378 g/mol. The molecule has 2 amide bonds. The van der Waals surface area contributed by atoms with Crippen molar-refractivity contribution in [2.45, 2.75) is 26.7 Å². The number of carbonyl (C=O) groups excluding carboxylic acids is 3. The molecule has 0 aliphatic rings. The lowest BCUT2D eigenvalue weighted by atomic mass is 10.1. The van der Waals surface area contributed by atoms with E-state index >= 15 is 0 Å². The van der Waals surface area contributed by atoms with Crippen LogP contribution in [0.25, 0.3) is 0 Å². The summed E-state index contributed by atoms with van der Waals surface area (Å²) >= 11 is 0. The zero-order valence-corrected chi connectivity index (χ0v) is 16.1. The number of esters is 1. The van der Waals surface area contributed by atoms with Crippen molar-refractivity contribution in [3.05, 3.63) is 63.7 Å². The van der Waals surface area contributed by atoms with E-state index in [-0.39, 0.29) is 24.2 Å². The molecule has 29 heavy (non-hydrogen) atoms. The van der Waals surface area contributed by atoms with Gasteiger partial charge in [-0.15, -0.1) is 0 Å². The molecule has 0 saturated heterocycles. The van der Waals surface area contributed by atoms with E-state index in [1.54, 1.807) is 6.07 Å². The van der Waals surface area contributed by atoms with Gasteiger partial charge in [0.2, 0.25) is 5.91 Å². The first-order valence-electron chi connectivity index (χ1n) is 8.81. The van der Waals surface area contributed by atoms with Crippen LogP contribution in [-0.2, 0) is 19.1 Å². The quantitative estimate of drug-likeness (QED) is 0.399. The maximum absolute atomic E-state index is 11.9. The van der Waals surface area contributed by atoms with Crippen LogP contribution in [0.5, 0.6) is 0 Å². The number of benzene rings is 2. The number of nitro groups is 1. The van der Waals surface area contributed by atoms with Crippen LogP contribution in [0.15, 0.2) is 42.5 Å². The predicted molar refractivity (Wildman–Crippen MR) is 106 cm³/mol. The Morgan fingerprint density at radius 1 is 1.00 bits per heavy atom. The normalized spacial score (nSPS) is 10.1. The van der Waals surface area contributed by atoms with Crippen LogP contribution in [0.1, 0.15) is 24.0 Å². The van der Waals surface area contributed by atoms with Crippen LogP contribution in [0, 0.1) is 24.0 Å². The van der Waals surface area contributed by atoms with Crippen molar-refractivity contribution in [1.82, 2.24) is 0 Å². The van der Waals surface area contributed by atoms with Crippen molar-refractivity contribution in [3.63, 3.8) is 0 Å². The van der Waals surface area contributed by atoms with E-state index in [2.05, 4.69) is 10.6 Å². The molecule has 0 spiro atoms. The van der Waals surface area contributed by atoms with Crippen molar-refractivity contribution in [3.8, 4) is 0 Å². The van der Waals surface area contributed by atoms with Gasteiger partial charge in [0, 0.05) is 29.9 Å². The number of nitro benzene ring substituents is 1. The molecule has 0 atom stereocenters. The molecule has 9 nitrogen and oxygen atoms in total. The van der Waals surface area contributed by atoms with E-state index in [4.69, 9.17) is 4.74 Å². The largest absolute Gasteiger partial charge is 0.456 e. The first-order chi connectivity index (χ1) is 13.7.